The van der Waals surface area contributed by atoms with Crippen molar-refractivity contribution in [3.05, 3.63) is 53.6 Å². The van der Waals surface area contributed by atoms with Gasteiger partial charge >= 0.3 is 5.97 Å². The summed E-state index contributed by atoms with van der Waals surface area (Å²) in [4.78, 5) is 10.9. The Kier molecular flexibility index (Phi) is 3.18. The Balaban J connectivity index is 1.98. The summed E-state index contributed by atoms with van der Waals surface area (Å²) in [6.07, 6.45) is 0.178. The summed E-state index contributed by atoms with van der Waals surface area (Å²) in [6.45, 7) is 2.78. The first-order valence-corrected chi connectivity index (χ1v) is 6.80. The molecule has 3 heteroatoms. The third-order valence-electron chi connectivity index (χ3n) is 3.80. The number of carboxylic acid groups (broad SMARTS) is 1. The number of anilines is 1. The van der Waals surface area contributed by atoms with E-state index in [9.17, 15) is 4.79 Å². The van der Waals surface area contributed by atoms with Gasteiger partial charge in [0, 0.05) is 18.2 Å². The molecule has 2 N–H and O–H groups in total. The number of carboxylic acids is 1. The standard InChI is InChI=1S/C17H17NO2/c1-11-3-2-4-12(7-11)13-5-6-16-15(8-13)14(10-18-16)9-17(19)20/h2-8,14,18H,9-10H2,1H3,(H,19,20). The molecule has 20 heavy (non-hydrogen) atoms. The lowest BCUT2D eigenvalue weighted by Gasteiger charge is -2.09. The van der Waals surface area contributed by atoms with Gasteiger partial charge in [0.15, 0.2) is 0 Å². The summed E-state index contributed by atoms with van der Waals surface area (Å²) in [5, 5.41) is 12.3. The summed E-state index contributed by atoms with van der Waals surface area (Å²) < 4.78 is 0. The molecule has 0 aliphatic carbocycles. The van der Waals surface area contributed by atoms with Gasteiger partial charge in [-0.3, -0.25) is 4.79 Å². The number of aliphatic carboxylic acids is 1. The highest BCUT2D eigenvalue weighted by Crippen LogP contribution is 2.36. The topological polar surface area (TPSA) is 49.3 Å². The normalized spacial score (nSPS) is 16.6. The number of benzene rings is 2. The molecule has 1 heterocycles. The van der Waals surface area contributed by atoms with Crippen molar-refractivity contribution in [2.45, 2.75) is 19.3 Å². The van der Waals surface area contributed by atoms with Gasteiger partial charge in [-0.05, 0) is 35.7 Å². The fourth-order valence-corrected chi connectivity index (χ4v) is 2.80. The zero-order chi connectivity index (χ0) is 14.1. The highest BCUT2D eigenvalue weighted by molar-refractivity contribution is 5.74. The minimum Gasteiger partial charge on any atom is -0.481 e. The molecule has 1 unspecified atom stereocenters. The summed E-state index contributed by atoms with van der Waals surface area (Å²) in [5.41, 5.74) is 5.72. The first-order valence-electron chi connectivity index (χ1n) is 6.80. The molecule has 0 amide bonds. The van der Waals surface area contributed by atoms with Crippen LogP contribution >= 0.6 is 0 Å². The van der Waals surface area contributed by atoms with E-state index in [0.717, 1.165) is 16.8 Å². The molecule has 2 aromatic carbocycles. The monoisotopic (exact) mass is 267 g/mol. The van der Waals surface area contributed by atoms with E-state index < -0.39 is 5.97 Å². The van der Waals surface area contributed by atoms with E-state index in [1.54, 1.807) is 0 Å². The average Bonchev–Trinajstić information content (AvgIpc) is 2.80. The lowest BCUT2D eigenvalue weighted by molar-refractivity contribution is -0.137. The molecule has 2 aromatic rings. The van der Waals surface area contributed by atoms with Crippen LogP contribution in [0.3, 0.4) is 0 Å². The first kappa shape index (κ1) is 12.7. The largest absolute Gasteiger partial charge is 0.481 e. The second-order valence-electron chi connectivity index (χ2n) is 5.35. The van der Waals surface area contributed by atoms with E-state index in [1.807, 2.05) is 6.07 Å². The van der Waals surface area contributed by atoms with Crippen molar-refractivity contribution < 1.29 is 9.90 Å². The van der Waals surface area contributed by atoms with Crippen molar-refractivity contribution in [3.63, 3.8) is 0 Å². The fraction of sp³-hybridized carbons (Fsp3) is 0.235. The van der Waals surface area contributed by atoms with Crippen LogP contribution in [0, 0.1) is 6.92 Å². The van der Waals surface area contributed by atoms with Crippen LogP contribution in [0.15, 0.2) is 42.5 Å². The second-order valence-corrected chi connectivity index (χ2v) is 5.35. The number of fused-ring (bicyclic) bond motifs is 1. The van der Waals surface area contributed by atoms with E-state index in [0.29, 0.717) is 6.54 Å². The van der Waals surface area contributed by atoms with Crippen molar-refractivity contribution in [3.8, 4) is 11.1 Å². The van der Waals surface area contributed by atoms with E-state index in [2.05, 4.69) is 48.6 Å². The minimum absolute atomic E-state index is 0.0623. The molecule has 0 aromatic heterocycles. The maximum atomic E-state index is 10.9. The number of hydrogen-bond donors (Lipinski definition) is 2. The molecule has 0 radical (unpaired) electrons. The van der Waals surface area contributed by atoms with Gasteiger partial charge in [0.2, 0.25) is 0 Å². The van der Waals surface area contributed by atoms with E-state index in [1.165, 1.54) is 11.1 Å². The van der Waals surface area contributed by atoms with Gasteiger partial charge in [0.05, 0.1) is 6.42 Å². The van der Waals surface area contributed by atoms with E-state index in [4.69, 9.17) is 5.11 Å². The lowest BCUT2D eigenvalue weighted by atomic mass is 9.94. The molecular weight excluding hydrogens is 250 g/mol. The molecule has 0 bridgehead atoms. The zero-order valence-electron chi connectivity index (χ0n) is 11.4. The van der Waals surface area contributed by atoms with Gasteiger partial charge in [-0.25, -0.2) is 0 Å². The quantitative estimate of drug-likeness (QED) is 0.892. The Morgan fingerprint density at radius 2 is 2.05 bits per heavy atom. The van der Waals surface area contributed by atoms with Crippen LogP contribution in [0.4, 0.5) is 5.69 Å². The van der Waals surface area contributed by atoms with Crippen LogP contribution in [0.5, 0.6) is 0 Å². The molecule has 3 rings (SSSR count). The molecule has 0 saturated heterocycles. The van der Waals surface area contributed by atoms with Gasteiger partial charge < -0.3 is 10.4 Å². The predicted octanol–water partition coefficient (Wildman–Crippen LogP) is 3.65. The molecule has 102 valence electrons. The number of nitrogens with one attached hydrogen (secondary N) is 1. The number of hydrogen-bond acceptors (Lipinski definition) is 2. The van der Waals surface area contributed by atoms with E-state index >= 15 is 0 Å². The minimum atomic E-state index is -0.745. The maximum absolute atomic E-state index is 10.9. The highest BCUT2D eigenvalue weighted by Gasteiger charge is 2.24. The fourth-order valence-electron chi connectivity index (χ4n) is 2.80. The molecular formula is C17H17NO2. The Morgan fingerprint density at radius 1 is 1.25 bits per heavy atom. The molecule has 1 atom stereocenters. The Bertz CT molecular complexity index is 664. The number of rotatable bonds is 3. The average molecular weight is 267 g/mol. The van der Waals surface area contributed by atoms with Crippen LogP contribution in [0.2, 0.25) is 0 Å². The summed E-state index contributed by atoms with van der Waals surface area (Å²) in [7, 11) is 0. The van der Waals surface area contributed by atoms with Crippen molar-refractivity contribution in [1.29, 1.82) is 0 Å². The third kappa shape index (κ3) is 2.39. The lowest BCUT2D eigenvalue weighted by Crippen LogP contribution is -2.08. The van der Waals surface area contributed by atoms with Crippen molar-refractivity contribution in [2.24, 2.45) is 0 Å². The maximum Gasteiger partial charge on any atom is 0.304 e. The SMILES string of the molecule is Cc1cccc(-c2ccc3c(c2)C(CC(=O)O)CN3)c1. The molecule has 0 fully saturated rings. The van der Waals surface area contributed by atoms with Gasteiger partial charge in [-0.1, -0.05) is 35.9 Å². The number of carbonyl (C=O) groups is 1. The zero-order valence-corrected chi connectivity index (χ0v) is 11.4. The summed E-state index contributed by atoms with van der Waals surface area (Å²) in [6, 6.07) is 14.6. The Labute approximate surface area is 118 Å². The Hall–Kier alpha value is -2.29. The van der Waals surface area contributed by atoms with Gasteiger partial charge in [-0.15, -0.1) is 0 Å². The molecule has 0 spiro atoms. The van der Waals surface area contributed by atoms with E-state index in [-0.39, 0.29) is 12.3 Å². The third-order valence-corrected chi connectivity index (χ3v) is 3.80. The highest BCUT2D eigenvalue weighted by atomic mass is 16.4. The van der Waals surface area contributed by atoms with Crippen LogP contribution in [-0.4, -0.2) is 17.6 Å². The molecule has 1 aliphatic heterocycles. The molecule has 1 aliphatic rings. The van der Waals surface area contributed by atoms with Crippen LogP contribution in [0.1, 0.15) is 23.5 Å². The molecule has 3 nitrogen and oxygen atoms in total. The Morgan fingerprint density at radius 3 is 2.80 bits per heavy atom. The van der Waals surface area contributed by atoms with Gasteiger partial charge in [0.1, 0.15) is 0 Å². The first-order chi connectivity index (χ1) is 9.63. The van der Waals surface area contributed by atoms with Crippen LogP contribution in [0.25, 0.3) is 11.1 Å². The van der Waals surface area contributed by atoms with Crippen molar-refractivity contribution in [2.75, 3.05) is 11.9 Å². The smallest absolute Gasteiger partial charge is 0.304 e. The number of aryl methyl sites for hydroxylation is 1. The van der Waals surface area contributed by atoms with Gasteiger partial charge in [0.25, 0.3) is 0 Å². The van der Waals surface area contributed by atoms with Crippen LogP contribution < -0.4 is 5.32 Å². The second kappa shape index (κ2) is 5.00. The van der Waals surface area contributed by atoms with Crippen molar-refractivity contribution in [1.82, 2.24) is 0 Å². The van der Waals surface area contributed by atoms with Gasteiger partial charge in [-0.2, -0.15) is 0 Å². The van der Waals surface area contributed by atoms with Crippen molar-refractivity contribution >= 4 is 11.7 Å². The summed E-state index contributed by atoms with van der Waals surface area (Å²) >= 11 is 0. The predicted molar refractivity (Wildman–Crippen MR) is 80.1 cm³/mol. The molecule has 0 saturated carbocycles. The summed E-state index contributed by atoms with van der Waals surface area (Å²) in [5.74, 6) is -0.683. The van der Waals surface area contributed by atoms with Crippen LogP contribution in [-0.2, 0) is 4.79 Å².